The first kappa shape index (κ1) is 15.3. The van der Waals surface area contributed by atoms with Gasteiger partial charge in [-0.3, -0.25) is 0 Å². The standard InChI is InChI=1S/C17H29N3/c1-12(2)16-9-15(11-18-13(3)4)10-17(19-16)20-8-6-7-14(20)5/h9-10,12-14,18H,6-8,11H2,1-5H3. The van der Waals surface area contributed by atoms with E-state index in [1.165, 1.54) is 29.9 Å². The van der Waals surface area contributed by atoms with E-state index in [0.717, 1.165) is 13.1 Å². The predicted octanol–water partition coefficient (Wildman–Crippen LogP) is 3.69. The SMILES string of the molecule is CC(C)NCc1cc(C(C)C)nc(N2CCCC2C)c1. The molecule has 20 heavy (non-hydrogen) atoms. The molecule has 2 rings (SSSR count). The molecule has 1 aromatic rings. The van der Waals surface area contributed by atoms with Crippen LogP contribution in [0.1, 0.15) is 64.6 Å². The molecule has 112 valence electrons. The number of pyridine rings is 1. The van der Waals surface area contributed by atoms with Crippen molar-refractivity contribution in [1.29, 1.82) is 0 Å². The lowest BCUT2D eigenvalue weighted by Crippen LogP contribution is -2.28. The molecular formula is C17H29N3. The number of hydrogen-bond acceptors (Lipinski definition) is 3. The Labute approximate surface area is 123 Å². The van der Waals surface area contributed by atoms with E-state index >= 15 is 0 Å². The topological polar surface area (TPSA) is 28.2 Å². The van der Waals surface area contributed by atoms with Crippen molar-refractivity contribution in [2.24, 2.45) is 0 Å². The number of nitrogens with zero attached hydrogens (tertiary/aromatic N) is 2. The van der Waals surface area contributed by atoms with E-state index in [9.17, 15) is 0 Å². The summed E-state index contributed by atoms with van der Waals surface area (Å²) in [5, 5.41) is 3.51. The minimum absolute atomic E-state index is 0.477. The van der Waals surface area contributed by atoms with Gasteiger partial charge in [0, 0.05) is 30.9 Å². The molecule has 0 radical (unpaired) electrons. The van der Waals surface area contributed by atoms with Crippen LogP contribution in [-0.4, -0.2) is 23.6 Å². The van der Waals surface area contributed by atoms with Gasteiger partial charge in [0.1, 0.15) is 5.82 Å². The molecule has 0 saturated carbocycles. The molecule has 1 N–H and O–H groups in total. The second-order valence-corrected chi connectivity index (χ2v) is 6.63. The summed E-state index contributed by atoms with van der Waals surface area (Å²) in [6.45, 7) is 13.2. The Hall–Kier alpha value is -1.09. The van der Waals surface area contributed by atoms with E-state index < -0.39 is 0 Å². The summed E-state index contributed by atoms with van der Waals surface area (Å²) in [6.07, 6.45) is 2.57. The third-order valence-electron chi connectivity index (χ3n) is 4.04. The maximum atomic E-state index is 4.89. The van der Waals surface area contributed by atoms with Crippen molar-refractivity contribution in [2.75, 3.05) is 11.4 Å². The maximum Gasteiger partial charge on any atom is 0.129 e. The summed E-state index contributed by atoms with van der Waals surface area (Å²) < 4.78 is 0. The van der Waals surface area contributed by atoms with Gasteiger partial charge in [-0.2, -0.15) is 0 Å². The van der Waals surface area contributed by atoms with Gasteiger partial charge in [0.2, 0.25) is 0 Å². The van der Waals surface area contributed by atoms with E-state index in [2.05, 4.69) is 57.0 Å². The van der Waals surface area contributed by atoms with Gasteiger partial charge < -0.3 is 10.2 Å². The monoisotopic (exact) mass is 275 g/mol. The third kappa shape index (κ3) is 3.72. The highest BCUT2D eigenvalue weighted by Crippen LogP contribution is 2.26. The fraction of sp³-hybridized carbons (Fsp3) is 0.706. The number of anilines is 1. The predicted molar refractivity (Wildman–Crippen MR) is 86.3 cm³/mol. The van der Waals surface area contributed by atoms with Crippen molar-refractivity contribution in [2.45, 2.75) is 72.0 Å². The molecule has 1 aliphatic heterocycles. The summed E-state index contributed by atoms with van der Waals surface area (Å²) in [6, 6.07) is 5.66. The zero-order valence-corrected chi connectivity index (χ0v) is 13.6. The van der Waals surface area contributed by atoms with Crippen LogP contribution < -0.4 is 10.2 Å². The average Bonchev–Trinajstić information content (AvgIpc) is 2.82. The molecule has 1 fully saturated rings. The molecule has 2 heterocycles. The molecule has 3 heteroatoms. The molecule has 1 aliphatic rings. The molecule has 0 aliphatic carbocycles. The number of nitrogens with one attached hydrogen (secondary N) is 1. The van der Waals surface area contributed by atoms with Crippen LogP contribution in [0, 0.1) is 0 Å². The van der Waals surface area contributed by atoms with Crippen LogP contribution in [0.25, 0.3) is 0 Å². The Balaban J connectivity index is 2.25. The Morgan fingerprint density at radius 1 is 1.30 bits per heavy atom. The van der Waals surface area contributed by atoms with Gasteiger partial charge in [-0.15, -0.1) is 0 Å². The van der Waals surface area contributed by atoms with Crippen LogP contribution in [0.4, 0.5) is 5.82 Å². The van der Waals surface area contributed by atoms with Crippen molar-refractivity contribution < 1.29 is 0 Å². The van der Waals surface area contributed by atoms with Crippen molar-refractivity contribution in [1.82, 2.24) is 10.3 Å². The normalized spacial score (nSPS) is 19.4. The summed E-state index contributed by atoms with van der Waals surface area (Å²) in [4.78, 5) is 7.35. The van der Waals surface area contributed by atoms with Gasteiger partial charge in [-0.25, -0.2) is 4.98 Å². The molecule has 0 bridgehead atoms. The van der Waals surface area contributed by atoms with Crippen LogP contribution in [0.15, 0.2) is 12.1 Å². The Bertz CT molecular complexity index is 440. The second kappa shape index (κ2) is 6.57. The van der Waals surface area contributed by atoms with Gasteiger partial charge in [0.25, 0.3) is 0 Å². The van der Waals surface area contributed by atoms with Crippen molar-refractivity contribution in [3.05, 3.63) is 23.4 Å². The van der Waals surface area contributed by atoms with Crippen molar-refractivity contribution >= 4 is 5.82 Å². The lowest BCUT2D eigenvalue weighted by molar-refractivity contribution is 0.587. The van der Waals surface area contributed by atoms with E-state index in [1.54, 1.807) is 0 Å². The fourth-order valence-electron chi connectivity index (χ4n) is 2.73. The van der Waals surface area contributed by atoms with Crippen molar-refractivity contribution in [3.8, 4) is 0 Å². The Morgan fingerprint density at radius 2 is 2.05 bits per heavy atom. The molecule has 0 amide bonds. The van der Waals surface area contributed by atoms with Gasteiger partial charge in [-0.05, 0) is 43.4 Å². The van der Waals surface area contributed by atoms with Crippen LogP contribution in [-0.2, 0) is 6.54 Å². The Morgan fingerprint density at radius 3 is 2.60 bits per heavy atom. The quantitative estimate of drug-likeness (QED) is 0.888. The lowest BCUT2D eigenvalue weighted by Gasteiger charge is -2.24. The molecular weight excluding hydrogens is 246 g/mol. The molecule has 3 nitrogen and oxygen atoms in total. The highest BCUT2D eigenvalue weighted by Gasteiger charge is 2.22. The van der Waals surface area contributed by atoms with Crippen molar-refractivity contribution in [3.63, 3.8) is 0 Å². The average molecular weight is 275 g/mol. The summed E-state index contributed by atoms with van der Waals surface area (Å²) in [5.74, 6) is 1.65. The zero-order chi connectivity index (χ0) is 14.7. The molecule has 1 aromatic heterocycles. The first-order chi connectivity index (χ1) is 9.47. The fourth-order valence-corrected chi connectivity index (χ4v) is 2.73. The van der Waals surface area contributed by atoms with E-state index in [4.69, 9.17) is 4.98 Å². The minimum Gasteiger partial charge on any atom is -0.354 e. The van der Waals surface area contributed by atoms with Gasteiger partial charge in [-0.1, -0.05) is 27.7 Å². The maximum absolute atomic E-state index is 4.89. The summed E-state index contributed by atoms with van der Waals surface area (Å²) >= 11 is 0. The summed E-state index contributed by atoms with van der Waals surface area (Å²) in [7, 11) is 0. The number of hydrogen-bond donors (Lipinski definition) is 1. The Kier molecular flexibility index (Phi) is 5.03. The zero-order valence-electron chi connectivity index (χ0n) is 13.6. The third-order valence-corrected chi connectivity index (χ3v) is 4.04. The highest BCUT2D eigenvalue weighted by molar-refractivity contribution is 5.45. The first-order valence-corrected chi connectivity index (χ1v) is 7.98. The van der Waals surface area contributed by atoms with E-state index in [-0.39, 0.29) is 0 Å². The van der Waals surface area contributed by atoms with Crippen LogP contribution in [0.2, 0.25) is 0 Å². The first-order valence-electron chi connectivity index (χ1n) is 7.98. The van der Waals surface area contributed by atoms with E-state index in [0.29, 0.717) is 18.0 Å². The smallest absolute Gasteiger partial charge is 0.129 e. The van der Waals surface area contributed by atoms with Crippen LogP contribution in [0.5, 0.6) is 0 Å². The number of aromatic nitrogens is 1. The van der Waals surface area contributed by atoms with Gasteiger partial charge >= 0.3 is 0 Å². The van der Waals surface area contributed by atoms with E-state index in [1.807, 2.05) is 0 Å². The minimum atomic E-state index is 0.477. The molecule has 0 aromatic carbocycles. The van der Waals surface area contributed by atoms with Gasteiger partial charge in [0.05, 0.1) is 0 Å². The molecule has 1 saturated heterocycles. The number of rotatable bonds is 5. The molecule has 1 atom stereocenters. The van der Waals surface area contributed by atoms with Gasteiger partial charge in [0.15, 0.2) is 0 Å². The van der Waals surface area contributed by atoms with Crippen LogP contribution >= 0.6 is 0 Å². The second-order valence-electron chi connectivity index (χ2n) is 6.63. The summed E-state index contributed by atoms with van der Waals surface area (Å²) in [5.41, 5.74) is 2.56. The largest absolute Gasteiger partial charge is 0.354 e. The molecule has 0 spiro atoms. The van der Waals surface area contributed by atoms with Crippen LogP contribution in [0.3, 0.4) is 0 Å². The highest BCUT2D eigenvalue weighted by atomic mass is 15.2. The lowest BCUT2D eigenvalue weighted by atomic mass is 10.1. The molecule has 1 unspecified atom stereocenters.